The molecule has 122 valence electrons. The van der Waals surface area contributed by atoms with E-state index in [-0.39, 0.29) is 0 Å². The van der Waals surface area contributed by atoms with Crippen molar-refractivity contribution in [3.8, 4) is 11.9 Å². The van der Waals surface area contributed by atoms with Crippen molar-refractivity contribution in [2.45, 2.75) is 31.7 Å². The number of anilines is 1. The topological polar surface area (TPSA) is 52.4 Å². The van der Waals surface area contributed by atoms with E-state index >= 15 is 0 Å². The largest absolute Gasteiger partial charge is 0.480 e. The second-order valence-electron chi connectivity index (χ2n) is 7.23. The van der Waals surface area contributed by atoms with Crippen LogP contribution in [0.2, 0.25) is 0 Å². The molecule has 4 heterocycles. The van der Waals surface area contributed by atoms with E-state index in [2.05, 4.69) is 20.9 Å². The average Bonchev–Trinajstić information content (AvgIpc) is 3.41. The second-order valence-corrected chi connectivity index (χ2v) is 7.23. The third kappa shape index (κ3) is 2.88. The van der Waals surface area contributed by atoms with Crippen LogP contribution >= 0.6 is 0 Å². The quantitative estimate of drug-likeness (QED) is 0.853. The minimum Gasteiger partial charge on any atom is -0.480 e. The van der Waals surface area contributed by atoms with Crippen LogP contribution in [0.5, 0.6) is 5.88 Å². The molecule has 1 saturated carbocycles. The van der Waals surface area contributed by atoms with Crippen molar-refractivity contribution in [3.63, 3.8) is 0 Å². The Bertz CT molecular complexity index is 622. The first-order valence-corrected chi connectivity index (χ1v) is 8.70. The molecule has 0 amide bonds. The molecule has 5 nitrogen and oxygen atoms in total. The summed E-state index contributed by atoms with van der Waals surface area (Å²) in [6.07, 6.45) is 7.18. The van der Waals surface area contributed by atoms with E-state index in [1.807, 2.05) is 6.07 Å². The minimum absolute atomic E-state index is 0.441. The van der Waals surface area contributed by atoms with Crippen molar-refractivity contribution in [3.05, 3.63) is 17.8 Å². The SMILES string of the molecule is COc1nccc(N2C[C@@H]3CC[C@H](C2)N(CC2CC2)C3)c1C#N. The molecule has 3 aliphatic heterocycles. The molecule has 2 bridgehead atoms. The minimum atomic E-state index is 0.441. The van der Waals surface area contributed by atoms with Gasteiger partial charge in [0.25, 0.3) is 0 Å². The third-order valence-electron chi connectivity index (χ3n) is 5.56. The summed E-state index contributed by atoms with van der Waals surface area (Å²) in [4.78, 5) is 9.30. The summed E-state index contributed by atoms with van der Waals surface area (Å²) in [6, 6.07) is 4.89. The number of hydrogen-bond donors (Lipinski definition) is 0. The molecule has 4 aliphatic rings. The summed E-state index contributed by atoms with van der Waals surface area (Å²) in [6.45, 7) is 4.56. The average molecular weight is 312 g/mol. The van der Waals surface area contributed by atoms with Crippen LogP contribution in [0, 0.1) is 23.2 Å². The number of piperidine rings is 1. The highest BCUT2D eigenvalue weighted by molar-refractivity contribution is 5.63. The van der Waals surface area contributed by atoms with Crippen molar-refractivity contribution in [1.82, 2.24) is 9.88 Å². The summed E-state index contributed by atoms with van der Waals surface area (Å²) in [7, 11) is 1.58. The van der Waals surface area contributed by atoms with Crippen molar-refractivity contribution in [2.24, 2.45) is 11.8 Å². The molecule has 0 spiro atoms. The van der Waals surface area contributed by atoms with Crippen LogP contribution in [0.4, 0.5) is 5.69 Å². The zero-order chi connectivity index (χ0) is 15.8. The van der Waals surface area contributed by atoms with Gasteiger partial charge in [-0.05, 0) is 43.6 Å². The van der Waals surface area contributed by atoms with Gasteiger partial charge in [0, 0.05) is 38.4 Å². The van der Waals surface area contributed by atoms with E-state index in [9.17, 15) is 5.26 Å². The summed E-state index contributed by atoms with van der Waals surface area (Å²) < 4.78 is 5.28. The maximum absolute atomic E-state index is 9.55. The third-order valence-corrected chi connectivity index (χ3v) is 5.56. The normalized spacial score (nSPS) is 27.6. The van der Waals surface area contributed by atoms with Gasteiger partial charge in [-0.3, -0.25) is 4.90 Å². The highest BCUT2D eigenvalue weighted by Crippen LogP contribution is 2.37. The van der Waals surface area contributed by atoms with Gasteiger partial charge in [0.15, 0.2) is 0 Å². The monoisotopic (exact) mass is 312 g/mol. The van der Waals surface area contributed by atoms with Gasteiger partial charge in [0.1, 0.15) is 11.6 Å². The van der Waals surface area contributed by atoms with E-state index in [4.69, 9.17) is 4.74 Å². The Kier molecular flexibility index (Phi) is 3.86. The maximum Gasteiger partial charge on any atom is 0.233 e. The Balaban J connectivity index is 1.60. The van der Waals surface area contributed by atoms with Gasteiger partial charge < -0.3 is 9.64 Å². The number of nitrogens with zero attached hydrogens (tertiary/aromatic N) is 4. The molecule has 2 atom stereocenters. The number of fused-ring (bicyclic) bond motifs is 4. The van der Waals surface area contributed by atoms with Gasteiger partial charge in [-0.15, -0.1) is 0 Å². The van der Waals surface area contributed by atoms with Crippen LogP contribution in [0.3, 0.4) is 0 Å². The first-order valence-electron chi connectivity index (χ1n) is 8.70. The predicted molar refractivity (Wildman–Crippen MR) is 88.5 cm³/mol. The number of aromatic nitrogens is 1. The predicted octanol–water partition coefficient (Wildman–Crippen LogP) is 2.27. The van der Waals surface area contributed by atoms with E-state index in [1.165, 1.54) is 38.8 Å². The Morgan fingerprint density at radius 2 is 2.13 bits per heavy atom. The van der Waals surface area contributed by atoms with Gasteiger partial charge in [-0.1, -0.05) is 0 Å². The first kappa shape index (κ1) is 14.8. The van der Waals surface area contributed by atoms with Crippen LogP contribution in [0.25, 0.3) is 0 Å². The number of pyridine rings is 1. The van der Waals surface area contributed by atoms with Crippen LogP contribution in [-0.2, 0) is 0 Å². The maximum atomic E-state index is 9.55. The number of rotatable bonds is 4. The van der Waals surface area contributed by atoms with Crippen molar-refractivity contribution >= 4 is 5.69 Å². The smallest absolute Gasteiger partial charge is 0.233 e. The van der Waals surface area contributed by atoms with Crippen LogP contribution < -0.4 is 9.64 Å². The molecule has 4 fully saturated rings. The molecule has 5 rings (SSSR count). The molecule has 3 saturated heterocycles. The Hall–Kier alpha value is -1.80. The van der Waals surface area contributed by atoms with Crippen molar-refractivity contribution in [2.75, 3.05) is 38.2 Å². The number of nitriles is 1. The summed E-state index contributed by atoms with van der Waals surface area (Å²) >= 11 is 0. The van der Waals surface area contributed by atoms with E-state index < -0.39 is 0 Å². The molecule has 5 heteroatoms. The van der Waals surface area contributed by atoms with Crippen LogP contribution in [-0.4, -0.2) is 49.2 Å². The lowest BCUT2D eigenvalue weighted by atomic mass is 9.95. The summed E-state index contributed by atoms with van der Waals surface area (Å²) in [5, 5.41) is 9.55. The van der Waals surface area contributed by atoms with Gasteiger partial charge in [-0.25, -0.2) is 4.98 Å². The van der Waals surface area contributed by atoms with E-state index in [0.717, 1.165) is 24.7 Å². The zero-order valence-corrected chi connectivity index (χ0v) is 13.7. The molecule has 23 heavy (non-hydrogen) atoms. The molecule has 0 radical (unpaired) electrons. The van der Waals surface area contributed by atoms with Gasteiger partial charge in [0.05, 0.1) is 12.8 Å². The second kappa shape index (κ2) is 6.01. The molecule has 1 aromatic heterocycles. The zero-order valence-electron chi connectivity index (χ0n) is 13.7. The summed E-state index contributed by atoms with van der Waals surface area (Å²) in [5.41, 5.74) is 1.56. The van der Waals surface area contributed by atoms with E-state index in [1.54, 1.807) is 13.3 Å². The van der Waals surface area contributed by atoms with E-state index in [0.29, 0.717) is 23.4 Å². The standard InChI is InChI=1S/C18H24N4O/c1-23-18-16(8-19)17(6-7-20-18)22-11-14-4-5-15(12-22)21(10-14)9-13-2-3-13/h6-7,13-15H,2-5,9-12H2,1H3/t14-,15-/m1/s1. The molecule has 1 aromatic rings. The van der Waals surface area contributed by atoms with Crippen LogP contribution in [0.15, 0.2) is 12.3 Å². The van der Waals surface area contributed by atoms with Gasteiger partial charge >= 0.3 is 0 Å². The number of methoxy groups -OCH3 is 1. The highest BCUT2D eigenvalue weighted by Gasteiger charge is 2.38. The molecular weight excluding hydrogens is 288 g/mol. The number of ether oxygens (including phenoxy) is 1. The fraction of sp³-hybridized carbons (Fsp3) is 0.667. The lowest BCUT2D eigenvalue weighted by molar-refractivity contribution is 0.128. The van der Waals surface area contributed by atoms with Crippen molar-refractivity contribution in [1.29, 1.82) is 5.26 Å². The molecular formula is C18H24N4O. The van der Waals surface area contributed by atoms with Gasteiger partial charge in [-0.2, -0.15) is 5.26 Å². The lowest BCUT2D eigenvalue weighted by Crippen LogP contribution is -2.44. The van der Waals surface area contributed by atoms with Gasteiger partial charge in [0.2, 0.25) is 5.88 Å². The fourth-order valence-corrected chi connectivity index (χ4v) is 4.19. The Labute approximate surface area is 137 Å². The Morgan fingerprint density at radius 3 is 2.87 bits per heavy atom. The number of hydrogen-bond acceptors (Lipinski definition) is 5. The summed E-state index contributed by atoms with van der Waals surface area (Å²) in [5.74, 6) is 2.09. The van der Waals surface area contributed by atoms with Crippen LogP contribution in [0.1, 0.15) is 31.2 Å². The lowest BCUT2D eigenvalue weighted by Gasteiger charge is -2.36. The van der Waals surface area contributed by atoms with Crippen molar-refractivity contribution < 1.29 is 4.74 Å². The first-order chi connectivity index (χ1) is 11.3. The molecule has 0 unspecified atom stereocenters. The highest BCUT2D eigenvalue weighted by atomic mass is 16.5. The molecule has 1 aliphatic carbocycles. The Morgan fingerprint density at radius 1 is 1.26 bits per heavy atom. The molecule has 0 N–H and O–H groups in total. The fourth-order valence-electron chi connectivity index (χ4n) is 4.19. The molecule has 0 aromatic carbocycles.